The van der Waals surface area contributed by atoms with Gasteiger partial charge in [0.2, 0.25) is 5.91 Å². The minimum absolute atomic E-state index is 0.0508. The summed E-state index contributed by atoms with van der Waals surface area (Å²) in [4.78, 5) is 16.5. The molecule has 0 saturated carbocycles. The van der Waals surface area contributed by atoms with Gasteiger partial charge >= 0.3 is 0 Å². The van der Waals surface area contributed by atoms with Crippen molar-refractivity contribution in [2.75, 3.05) is 20.1 Å². The Kier molecular flexibility index (Phi) is 4.19. The summed E-state index contributed by atoms with van der Waals surface area (Å²) in [5.41, 5.74) is 2.97. The molecule has 0 spiro atoms. The van der Waals surface area contributed by atoms with E-state index in [-0.39, 0.29) is 11.3 Å². The first kappa shape index (κ1) is 16.8. The minimum Gasteiger partial charge on any atom is -0.304 e. The number of likely N-dealkylation sites (tertiary alicyclic amines) is 2. The molecule has 1 amide bonds. The van der Waals surface area contributed by atoms with Gasteiger partial charge in [0.15, 0.2) is 0 Å². The van der Waals surface area contributed by atoms with Crippen molar-refractivity contribution in [1.82, 2.24) is 9.80 Å². The number of amides is 1. The maximum atomic E-state index is 12.3. The van der Waals surface area contributed by atoms with Crippen LogP contribution in [0.1, 0.15) is 43.7 Å². The average molecular weight is 339 g/mol. The average Bonchev–Trinajstić information content (AvgIpc) is 3.04. The molecule has 1 N–H and O–H groups in total. The molecule has 4 heteroatoms. The van der Waals surface area contributed by atoms with E-state index in [0.717, 1.165) is 25.8 Å². The van der Waals surface area contributed by atoms with Crippen molar-refractivity contribution < 1.29 is 4.79 Å². The second-order valence-electron chi connectivity index (χ2n) is 8.57. The Morgan fingerprint density at radius 1 is 1.16 bits per heavy atom. The Morgan fingerprint density at radius 3 is 2.48 bits per heavy atom. The third-order valence-electron chi connectivity index (χ3n) is 6.89. The van der Waals surface area contributed by atoms with Gasteiger partial charge in [0.1, 0.15) is 5.84 Å². The van der Waals surface area contributed by atoms with Crippen molar-refractivity contribution in [3.8, 4) is 0 Å². The second kappa shape index (κ2) is 6.24. The Morgan fingerprint density at radius 2 is 1.84 bits per heavy atom. The maximum absolute atomic E-state index is 12.3. The van der Waals surface area contributed by atoms with Crippen LogP contribution in [-0.2, 0) is 17.6 Å². The Hall–Kier alpha value is -1.68. The minimum atomic E-state index is -0.0508. The van der Waals surface area contributed by atoms with E-state index in [1.165, 1.54) is 35.4 Å². The van der Waals surface area contributed by atoms with E-state index in [1.54, 1.807) is 7.05 Å². The molecule has 1 aromatic carbocycles. The SMILES string of the molecule is CN1C(=N)C[C@](C)(C2CCCN(C3Cc4ccccc4C3)C2)CC1=O. The fraction of sp³-hybridized carbons (Fsp3) is 0.619. The van der Waals surface area contributed by atoms with E-state index in [1.807, 2.05) is 0 Å². The number of fused-ring (bicyclic) bond motifs is 1. The van der Waals surface area contributed by atoms with Gasteiger partial charge in [-0.1, -0.05) is 31.2 Å². The summed E-state index contributed by atoms with van der Waals surface area (Å²) in [6.45, 7) is 4.50. The highest BCUT2D eigenvalue weighted by Crippen LogP contribution is 2.44. The first-order chi connectivity index (χ1) is 12.0. The zero-order valence-corrected chi connectivity index (χ0v) is 15.4. The van der Waals surface area contributed by atoms with Crippen molar-refractivity contribution in [1.29, 1.82) is 5.41 Å². The van der Waals surface area contributed by atoms with Crippen molar-refractivity contribution in [2.45, 2.75) is 51.5 Å². The molecular weight excluding hydrogens is 310 g/mol. The molecule has 1 unspecified atom stereocenters. The normalized spacial score (nSPS) is 31.4. The summed E-state index contributed by atoms with van der Waals surface area (Å²) < 4.78 is 0. The topological polar surface area (TPSA) is 47.4 Å². The zero-order valence-electron chi connectivity index (χ0n) is 15.4. The van der Waals surface area contributed by atoms with Crippen LogP contribution in [0.5, 0.6) is 0 Å². The lowest BCUT2D eigenvalue weighted by molar-refractivity contribution is -0.132. The van der Waals surface area contributed by atoms with E-state index in [4.69, 9.17) is 5.41 Å². The molecule has 2 fully saturated rings. The van der Waals surface area contributed by atoms with Crippen LogP contribution in [0.2, 0.25) is 0 Å². The monoisotopic (exact) mass is 339 g/mol. The molecule has 4 nitrogen and oxygen atoms in total. The number of nitrogens with one attached hydrogen (secondary N) is 1. The van der Waals surface area contributed by atoms with Crippen LogP contribution in [0.3, 0.4) is 0 Å². The molecule has 3 aliphatic rings. The fourth-order valence-corrected chi connectivity index (χ4v) is 5.17. The number of benzene rings is 1. The quantitative estimate of drug-likeness (QED) is 0.900. The Balaban J connectivity index is 1.47. The summed E-state index contributed by atoms with van der Waals surface area (Å²) in [6, 6.07) is 9.46. The Labute approximate surface area is 150 Å². The molecule has 2 saturated heterocycles. The molecule has 0 bridgehead atoms. The molecule has 1 aliphatic carbocycles. The van der Waals surface area contributed by atoms with Crippen LogP contribution in [0, 0.1) is 16.7 Å². The third-order valence-corrected chi connectivity index (χ3v) is 6.89. The first-order valence-corrected chi connectivity index (χ1v) is 9.61. The molecule has 25 heavy (non-hydrogen) atoms. The number of carbonyl (C=O) groups is 1. The lowest BCUT2D eigenvalue weighted by Gasteiger charge is -2.48. The predicted octanol–water partition coefficient (Wildman–Crippen LogP) is 3.10. The standard InChI is InChI=1S/C21H29N3O/c1-21(12-19(22)23(2)20(25)13-21)17-8-5-9-24(14-17)18-10-15-6-3-4-7-16(15)11-18/h3-4,6-7,17-18,22H,5,8-14H2,1-2H3/t17?,21-/m0/s1. The van der Waals surface area contributed by atoms with Crippen LogP contribution < -0.4 is 0 Å². The number of amidine groups is 1. The molecule has 2 aliphatic heterocycles. The number of hydrogen-bond acceptors (Lipinski definition) is 3. The van der Waals surface area contributed by atoms with Crippen LogP contribution in [0.15, 0.2) is 24.3 Å². The van der Waals surface area contributed by atoms with E-state index in [2.05, 4.69) is 36.1 Å². The summed E-state index contributed by atoms with van der Waals surface area (Å²) in [5, 5.41) is 8.20. The second-order valence-corrected chi connectivity index (χ2v) is 8.57. The highest BCUT2D eigenvalue weighted by atomic mass is 16.2. The first-order valence-electron chi connectivity index (χ1n) is 9.61. The summed E-state index contributed by atoms with van der Waals surface area (Å²) in [7, 11) is 1.74. The molecule has 4 rings (SSSR count). The van der Waals surface area contributed by atoms with Crippen molar-refractivity contribution in [2.24, 2.45) is 11.3 Å². The highest BCUT2D eigenvalue weighted by molar-refractivity contribution is 5.99. The molecule has 0 radical (unpaired) electrons. The molecule has 0 aromatic heterocycles. The molecular formula is C21H29N3O. The zero-order chi connectivity index (χ0) is 17.6. The van der Waals surface area contributed by atoms with E-state index in [0.29, 0.717) is 24.2 Å². The number of nitrogens with zero attached hydrogens (tertiary/aromatic N) is 2. The van der Waals surface area contributed by atoms with E-state index < -0.39 is 0 Å². The number of piperidine rings is 2. The lowest BCUT2D eigenvalue weighted by atomic mass is 9.66. The van der Waals surface area contributed by atoms with Crippen molar-refractivity contribution in [3.05, 3.63) is 35.4 Å². The number of hydrogen-bond donors (Lipinski definition) is 1. The summed E-state index contributed by atoms with van der Waals surface area (Å²) >= 11 is 0. The molecule has 134 valence electrons. The van der Waals surface area contributed by atoms with E-state index in [9.17, 15) is 4.79 Å². The van der Waals surface area contributed by atoms with Gasteiger partial charge in [-0.3, -0.25) is 15.1 Å². The van der Waals surface area contributed by atoms with Crippen molar-refractivity contribution in [3.63, 3.8) is 0 Å². The van der Waals surface area contributed by atoms with Crippen LogP contribution in [-0.4, -0.2) is 47.7 Å². The van der Waals surface area contributed by atoms with Crippen LogP contribution in [0.4, 0.5) is 0 Å². The van der Waals surface area contributed by atoms with Crippen molar-refractivity contribution >= 4 is 11.7 Å². The van der Waals surface area contributed by atoms with Gasteiger partial charge in [0.05, 0.1) is 0 Å². The molecule has 2 heterocycles. The Bertz CT molecular complexity index is 655. The number of carbonyl (C=O) groups excluding carboxylic acids is 1. The molecule has 1 aromatic rings. The van der Waals surface area contributed by atoms with Gasteiger partial charge in [-0.2, -0.15) is 0 Å². The predicted molar refractivity (Wildman–Crippen MR) is 99.8 cm³/mol. The summed E-state index contributed by atoms with van der Waals surface area (Å²) in [6.07, 6.45) is 6.06. The summed E-state index contributed by atoms with van der Waals surface area (Å²) in [5.74, 6) is 1.12. The molecule has 2 atom stereocenters. The van der Waals surface area contributed by atoms with Gasteiger partial charge in [0, 0.05) is 32.5 Å². The van der Waals surface area contributed by atoms with Gasteiger partial charge in [-0.25, -0.2) is 0 Å². The van der Waals surface area contributed by atoms with Crippen LogP contribution in [0.25, 0.3) is 0 Å². The van der Waals surface area contributed by atoms with Gasteiger partial charge in [0.25, 0.3) is 0 Å². The largest absolute Gasteiger partial charge is 0.304 e. The van der Waals surface area contributed by atoms with Crippen LogP contribution >= 0.6 is 0 Å². The number of rotatable bonds is 2. The van der Waals surface area contributed by atoms with Gasteiger partial charge < -0.3 is 4.90 Å². The lowest BCUT2D eigenvalue weighted by Crippen LogP contribution is -2.52. The van der Waals surface area contributed by atoms with Gasteiger partial charge in [-0.15, -0.1) is 0 Å². The smallest absolute Gasteiger partial charge is 0.228 e. The van der Waals surface area contributed by atoms with E-state index >= 15 is 0 Å². The third kappa shape index (κ3) is 3.01. The van der Waals surface area contributed by atoms with Gasteiger partial charge in [-0.05, 0) is 54.7 Å². The fourth-order valence-electron chi connectivity index (χ4n) is 5.17. The highest BCUT2D eigenvalue weighted by Gasteiger charge is 2.44. The maximum Gasteiger partial charge on any atom is 0.228 e.